The van der Waals surface area contributed by atoms with Gasteiger partial charge in [-0.1, -0.05) is 40.0 Å². The van der Waals surface area contributed by atoms with Gasteiger partial charge in [0.15, 0.2) is 0 Å². The Balaban J connectivity index is 2.13. The maximum Gasteiger partial charge on any atom is 0.310 e. The molecule has 2 aliphatic rings. The minimum Gasteiger partial charge on any atom is -0.481 e. The van der Waals surface area contributed by atoms with Crippen LogP contribution in [0.1, 0.15) is 72.1 Å². The normalized spacial score (nSPS) is 35.0. The van der Waals surface area contributed by atoms with Crippen LogP contribution in [-0.4, -0.2) is 35.1 Å². The first-order valence-corrected chi connectivity index (χ1v) is 8.97. The molecular formula is C18H33NO2. The molecule has 3 atom stereocenters. The molecule has 21 heavy (non-hydrogen) atoms. The fraction of sp³-hybridized carbons (Fsp3) is 0.944. The number of rotatable bonds is 5. The van der Waals surface area contributed by atoms with Gasteiger partial charge >= 0.3 is 5.97 Å². The standard InChI is InChI=1S/C18H33NO2/c1-4-10-18(17(20)21)11-7-12-19(13-18)16-9-6-5-8-15(16)14(2)3/h14-16H,4-13H2,1-3H3,(H,20,21). The number of aliphatic carboxylic acids is 1. The van der Waals surface area contributed by atoms with E-state index < -0.39 is 11.4 Å². The lowest BCUT2D eigenvalue weighted by molar-refractivity contribution is -0.154. The maximum atomic E-state index is 11.9. The topological polar surface area (TPSA) is 40.5 Å². The zero-order valence-electron chi connectivity index (χ0n) is 14.1. The first kappa shape index (κ1) is 16.8. The molecule has 3 unspecified atom stereocenters. The summed E-state index contributed by atoms with van der Waals surface area (Å²) in [6.07, 6.45) is 8.98. The lowest BCUT2D eigenvalue weighted by Crippen LogP contribution is -2.54. The highest BCUT2D eigenvalue weighted by molar-refractivity contribution is 5.75. The zero-order valence-corrected chi connectivity index (χ0v) is 14.1. The summed E-state index contributed by atoms with van der Waals surface area (Å²) in [7, 11) is 0. The van der Waals surface area contributed by atoms with E-state index in [0.29, 0.717) is 12.0 Å². The number of piperidine rings is 1. The lowest BCUT2D eigenvalue weighted by Gasteiger charge is -2.48. The Morgan fingerprint density at radius 1 is 1.29 bits per heavy atom. The maximum absolute atomic E-state index is 11.9. The Kier molecular flexibility index (Phi) is 5.70. The largest absolute Gasteiger partial charge is 0.481 e. The van der Waals surface area contributed by atoms with Crippen LogP contribution in [0.15, 0.2) is 0 Å². The van der Waals surface area contributed by atoms with Crippen LogP contribution < -0.4 is 0 Å². The molecule has 1 saturated carbocycles. The van der Waals surface area contributed by atoms with Crippen molar-refractivity contribution in [2.45, 2.75) is 78.2 Å². The Morgan fingerprint density at radius 2 is 2.00 bits per heavy atom. The van der Waals surface area contributed by atoms with Gasteiger partial charge in [0.05, 0.1) is 5.41 Å². The lowest BCUT2D eigenvalue weighted by atomic mass is 9.72. The summed E-state index contributed by atoms with van der Waals surface area (Å²) in [5.41, 5.74) is -0.480. The van der Waals surface area contributed by atoms with Crippen molar-refractivity contribution >= 4 is 5.97 Å². The van der Waals surface area contributed by atoms with Crippen LogP contribution in [0.3, 0.4) is 0 Å². The molecule has 0 aromatic carbocycles. The fourth-order valence-corrected chi connectivity index (χ4v) is 4.79. The average Bonchev–Trinajstić information content (AvgIpc) is 2.47. The summed E-state index contributed by atoms with van der Waals surface area (Å²) in [6.45, 7) is 8.67. The second-order valence-electron chi connectivity index (χ2n) is 7.67. The summed E-state index contributed by atoms with van der Waals surface area (Å²) < 4.78 is 0. The summed E-state index contributed by atoms with van der Waals surface area (Å²) in [4.78, 5) is 14.4. The van der Waals surface area contributed by atoms with E-state index in [4.69, 9.17) is 0 Å². The van der Waals surface area contributed by atoms with Crippen LogP contribution >= 0.6 is 0 Å². The number of likely N-dealkylation sites (tertiary alicyclic amines) is 1. The summed E-state index contributed by atoms with van der Waals surface area (Å²) >= 11 is 0. The Bertz CT molecular complexity index is 351. The van der Waals surface area contributed by atoms with Gasteiger partial charge in [-0.05, 0) is 50.5 Å². The first-order valence-electron chi connectivity index (χ1n) is 8.97. The highest BCUT2D eigenvalue weighted by atomic mass is 16.4. The second kappa shape index (κ2) is 7.13. The summed E-state index contributed by atoms with van der Waals surface area (Å²) in [5.74, 6) is 0.901. The van der Waals surface area contributed by atoms with Crippen molar-refractivity contribution in [2.24, 2.45) is 17.3 Å². The molecule has 1 saturated heterocycles. The van der Waals surface area contributed by atoms with E-state index in [1.54, 1.807) is 0 Å². The van der Waals surface area contributed by atoms with Gasteiger partial charge in [0.1, 0.15) is 0 Å². The molecule has 0 bridgehead atoms. The Hall–Kier alpha value is -0.570. The number of carboxylic acid groups (broad SMARTS) is 1. The number of hydrogen-bond donors (Lipinski definition) is 1. The molecule has 3 nitrogen and oxygen atoms in total. The van der Waals surface area contributed by atoms with Gasteiger partial charge < -0.3 is 5.11 Å². The predicted molar refractivity (Wildman–Crippen MR) is 86.4 cm³/mol. The monoisotopic (exact) mass is 295 g/mol. The smallest absolute Gasteiger partial charge is 0.310 e. The molecule has 2 rings (SSSR count). The quantitative estimate of drug-likeness (QED) is 0.827. The highest BCUT2D eigenvalue weighted by Crippen LogP contribution is 2.40. The SMILES string of the molecule is CCCC1(C(=O)O)CCCN(C2CCCCC2C(C)C)C1. The predicted octanol–water partition coefficient (Wildman–Crippen LogP) is 4.17. The van der Waals surface area contributed by atoms with Crippen LogP contribution in [0.25, 0.3) is 0 Å². The minimum absolute atomic E-state index is 0.480. The number of carboxylic acids is 1. The summed E-state index contributed by atoms with van der Waals surface area (Å²) in [6, 6.07) is 0.620. The second-order valence-corrected chi connectivity index (χ2v) is 7.67. The van der Waals surface area contributed by atoms with E-state index in [2.05, 4.69) is 25.7 Å². The molecule has 0 aromatic heterocycles. The van der Waals surface area contributed by atoms with Crippen LogP contribution in [0.5, 0.6) is 0 Å². The van der Waals surface area contributed by atoms with E-state index in [1.807, 2.05) is 0 Å². The molecule has 0 aromatic rings. The average molecular weight is 295 g/mol. The van der Waals surface area contributed by atoms with Gasteiger partial charge in [0.2, 0.25) is 0 Å². The molecule has 1 N–H and O–H groups in total. The van der Waals surface area contributed by atoms with Crippen LogP contribution in [0, 0.1) is 17.3 Å². The Labute approximate surface area is 130 Å². The number of carbonyl (C=O) groups is 1. The van der Waals surface area contributed by atoms with E-state index in [9.17, 15) is 9.90 Å². The third-order valence-electron chi connectivity index (χ3n) is 5.90. The molecule has 2 fully saturated rings. The molecule has 122 valence electrons. The van der Waals surface area contributed by atoms with Gasteiger partial charge in [-0.2, -0.15) is 0 Å². The van der Waals surface area contributed by atoms with E-state index in [-0.39, 0.29) is 0 Å². The van der Waals surface area contributed by atoms with Crippen LogP contribution in [0.4, 0.5) is 0 Å². The number of nitrogens with zero attached hydrogens (tertiary/aromatic N) is 1. The molecule has 3 heteroatoms. The minimum atomic E-state index is -0.564. The molecule has 1 aliphatic carbocycles. The molecular weight excluding hydrogens is 262 g/mol. The molecule has 0 radical (unpaired) electrons. The van der Waals surface area contributed by atoms with Gasteiger partial charge in [-0.15, -0.1) is 0 Å². The van der Waals surface area contributed by atoms with Gasteiger partial charge in [-0.25, -0.2) is 0 Å². The van der Waals surface area contributed by atoms with Gasteiger partial charge in [0.25, 0.3) is 0 Å². The molecule has 0 spiro atoms. The van der Waals surface area contributed by atoms with Crippen molar-refractivity contribution < 1.29 is 9.90 Å². The third kappa shape index (κ3) is 3.61. The molecule has 0 amide bonds. The van der Waals surface area contributed by atoms with Crippen LogP contribution in [0.2, 0.25) is 0 Å². The van der Waals surface area contributed by atoms with Crippen molar-refractivity contribution in [1.29, 1.82) is 0 Å². The van der Waals surface area contributed by atoms with E-state index >= 15 is 0 Å². The number of hydrogen-bond acceptors (Lipinski definition) is 2. The van der Waals surface area contributed by atoms with Gasteiger partial charge in [-0.3, -0.25) is 9.69 Å². The fourth-order valence-electron chi connectivity index (χ4n) is 4.79. The van der Waals surface area contributed by atoms with Crippen LogP contribution in [-0.2, 0) is 4.79 Å². The molecule has 1 heterocycles. The Morgan fingerprint density at radius 3 is 2.62 bits per heavy atom. The van der Waals surface area contributed by atoms with Crippen molar-refractivity contribution in [3.05, 3.63) is 0 Å². The van der Waals surface area contributed by atoms with E-state index in [0.717, 1.165) is 44.7 Å². The van der Waals surface area contributed by atoms with Crippen molar-refractivity contribution in [2.75, 3.05) is 13.1 Å². The van der Waals surface area contributed by atoms with Gasteiger partial charge in [0, 0.05) is 12.6 Å². The highest BCUT2D eigenvalue weighted by Gasteiger charge is 2.44. The van der Waals surface area contributed by atoms with E-state index in [1.165, 1.54) is 25.7 Å². The zero-order chi connectivity index (χ0) is 15.5. The third-order valence-corrected chi connectivity index (χ3v) is 5.90. The summed E-state index contributed by atoms with van der Waals surface area (Å²) in [5, 5.41) is 9.78. The van der Waals surface area contributed by atoms with Crippen molar-refractivity contribution in [1.82, 2.24) is 4.90 Å². The first-order chi connectivity index (χ1) is 10.00. The van der Waals surface area contributed by atoms with Crippen molar-refractivity contribution in [3.63, 3.8) is 0 Å². The molecule has 1 aliphatic heterocycles. The van der Waals surface area contributed by atoms with Crippen molar-refractivity contribution in [3.8, 4) is 0 Å².